The summed E-state index contributed by atoms with van der Waals surface area (Å²) in [5.74, 6) is -0.434. The first-order valence-electron chi connectivity index (χ1n) is 7.44. The number of rotatable bonds is 6. The van der Waals surface area contributed by atoms with Gasteiger partial charge >= 0.3 is 5.97 Å². The molecule has 2 rings (SSSR count). The fraction of sp³-hybridized carbons (Fsp3) is 0.533. The highest BCUT2D eigenvalue weighted by Gasteiger charge is 2.45. The number of nitro groups is 1. The second-order valence-corrected chi connectivity index (χ2v) is 5.41. The Labute approximate surface area is 143 Å². The lowest BCUT2D eigenvalue weighted by Crippen LogP contribution is -2.59. The molecule has 0 saturated carbocycles. The summed E-state index contributed by atoms with van der Waals surface area (Å²) < 4.78 is 20.6. The van der Waals surface area contributed by atoms with Gasteiger partial charge in [0, 0.05) is 12.1 Å². The van der Waals surface area contributed by atoms with E-state index in [0.29, 0.717) is 0 Å². The van der Waals surface area contributed by atoms with Crippen molar-refractivity contribution in [2.24, 2.45) is 0 Å². The molecule has 5 atom stereocenters. The van der Waals surface area contributed by atoms with Crippen molar-refractivity contribution in [2.45, 2.75) is 37.6 Å². The minimum absolute atomic E-state index is 0.111. The van der Waals surface area contributed by atoms with E-state index in [1.165, 1.54) is 31.4 Å². The summed E-state index contributed by atoms with van der Waals surface area (Å²) in [6.07, 6.45) is -5.65. The van der Waals surface area contributed by atoms with Gasteiger partial charge in [0.2, 0.25) is 6.29 Å². The molecule has 0 radical (unpaired) electrons. The molecule has 0 aromatic heterocycles. The van der Waals surface area contributed by atoms with E-state index in [9.17, 15) is 25.1 Å². The fourth-order valence-electron chi connectivity index (χ4n) is 2.29. The molecular weight excluding hydrogens is 338 g/mol. The molecule has 10 heteroatoms. The van der Waals surface area contributed by atoms with E-state index in [1.807, 2.05) is 0 Å². The number of aliphatic hydroxyl groups is 2. The number of methoxy groups -OCH3 is 1. The van der Waals surface area contributed by atoms with Gasteiger partial charge in [-0.15, -0.1) is 0 Å². The Bertz CT molecular complexity index is 606. The normalized spacial score (nSPS) is 29.0. The summed E-state index contributed by atoms with van der Waals surface area (Å²) >= 11 is 0. The van der Waals surface area contributed by atoms with E-state index in [4.69, 9.17) is 14.2 Å². The van der Waals surface area contributed by atoms with Crippen LogP contribution in [0, 0.1) is 10.1 Å². The van der Waals surface area contributed by atoms with E-state index in [0.717, 1.165) is 0 Å². The Balaban J connectivity index is 2.06. The van der Waals surface area contributed by atoms with Crippen molar-refractivity contribution in [3.05, 3.63) is 34.4 Å². The lowest BCUT2D eigenvalue weighted by Gasteiger charge is -2.40. The molecule has 1 heterocycles. The molecule has 1 aromatic carbocycles. The number of non-ortho nitro benzene ring substituents is 1. The lowest BCUT2D eigenvalue weighted by molar-refractivity contribution is -0.384. The topological polar surface area (TPSA) is 138 Å². The zero-order chi connectivity index (χ0) is 18.6. The van der Waals surface area contributed by atoms with Gasteiger partial charge in [-0.25, -0.2) is 4.79 Å². The third-order valence-electron chi connectivity index (χ3n) is 3.70. The van der Waals surface area contributed by atoms with Gasteiger partial charge in [-0.2, -0.15) is 0 Å². The number of nitro benzene ring substituents is 1. The first kappa shape index (κ1) is 19.1. The lowest BCUT2D eigenvalue weighted by atomic mass is 9.99. The van der Waals surface area contributed by atoms with Crippen molar-refractivity contribution >= 4 is 11.7 Å². The maximum Gasteiger partial charge on any atom is 0.331 e. The van der Waals surface area contributed by atoms with Crippen LogP contribution in [0.5, 0.6) is 5.75 Å². The number of ether oxygens (including phenoxy) is 4. The number of hydrogen-bond donors (Lipinski definition) is 2. The van der Waals surface area contributed by atoms with Crippen molar-refractivity contribution in [3.63, 3.8) is 0 Å². The third-order valence-corrected chi connectivity index (χ3v) is 3.70. The van der Waals surface area contributed by atoms with Crippen molar-refractivity contribution in [2.75, 3.05) is 13.7 Å². The fourth-order valence-corrected chi connectivity index (χ4v) is 2.29. The number of aliphatic hydroxyl groups excluding tert-OH is 2. The van der Waals surface area contributed by atoms with E-state index in [1.54, 1.807) is 6.92 Å². The van der Waals surface area contributed by atoms with Crippen LogP contribution in [0.1, 0.15) is 6.92 Å². The van der Waals surface area contributed by atoms with Crippen LogP contribution < -0.4 is 4.74 Å². The molecule has 1 fully saturated rings. The summed E-state index contributed by atoms with van der Waals surface area (Å²) in [5, 5.41) is 31.0. The molecule has 1 aromatic rings. The van der Waals surface area contributed by atoms with E-state index >= 15 is 0 Å². The number of carbonyl (C=O) groups excluding carboxylic acids is 1. The Morgan fingerprint density at radius 3 is 2.48 bits per heavy atom. The van der Waals surface area contributed by atoms with Crippen LogP contribution >= 0.6 is 0 Å². The maximum absolute atomic E-state index is 11.2. The molecule has 1 aliphatic rings. The molecule has 0 aliphatic carbocycles. The summed E-state index contributed by atoms with van der Waals surface area (Å²) in [5.41, 5.74) is -0.111. The molecule has 10 nitrogen and oxygen atoms in total. The SMILES string of the molecule is COC(=O)CO[C@H]1[C@H](O)[C@@H](Oc2ccc([N+](=O)[O-])cc2)O[C@@H](C)[C@H]1O. The molecule has 0 unspecified atom stereocenters. The van der Waals surface area contributed by atoms with Gasteiger partial charge in [-0.1, -0.05) is 0 Å². The Kier molecular flexibility index (Phi) is 6.26. The zero-order valence-electron chi connectivity index (χ0n) is 13.6. The first-order valence-corrected chi connectivity index (χ1v) is 7.44. The quantitative estimate of drug-likeness (QED) is 0.409. The van der Waals surface area contributed by atoms with Crippen LogP contribution in [0.4, 0.5) is 5.69 Å². The summed E-state index contributed by atoms with van der Waals surface area (Å²) in [4.78, 5) is 21.3. The minimum atomic E-state index is -1.40. The van der Waals surface area contributed by atoms with Gasteiger partial charge in [-0.05, 0) is 19.1 Å². The van der Waals surface area contributed by atoms with Crippen LogP contribution in [0.25, 0.3) is 0 Å². The van der Waals surface area contributed by atoms with Gasteiger partial charge < -0.3 is 29.2 Å². The van der Waals surface area contributed by atoms with Crippen LogP contribution in [0.15, 0.2) is 24.3 Å². The second kappa shape index (κ2) is 8.21. The highest BCUT2D eigenvalue weighted by atomic mass is 16.7. The number of hydrogen-bond acceptors (Lipinski definition) is 9. The van der Waals surface area contributed by atoms with Crippen LogP contribution in [0.2, 0.25) is 0 Å². The van der Waals surface area contributed by atoms with E-state index < -0.39 is 48.2 Å². The number of carbonyl (C=O) groups is 1. The Morgan fingerprint density at radius 1 is 1.28 bits per heavy atom. The van der Waals surface area contributed by atoms with Crippen molar-refractivity contribution in [1.82, 2.24) is 0 Å². The molecule has 25 heavy (non-hydrogen) atoms. The van der Waals surface area contributed by atoms with Gasteiger partial charge in [0.25, 0.3) is 5.69 Å². The number of benzene rings is 1. The summed E-state index contributed by atoms with van der Waals surface area (Å²) in [7, 11) is 1.19. The van der Waals surface area contributed by atoms with Crippen LogP contribution in [0.3, 0.4) is 0 Å². The van der Waals surface area contributed by atoms with Crippen molar-refractivity contribution < 1.29 is 38.9 Å². The Hall–Kier alpha value is -2.27. The average molecular weight is 357 g/mol. The molecule has 0 amide bonds. The monoisotopic (exact) mass is 357 g/mol. The summed E-state index contributed by atoms with van der Waals surface area (Å²) in [6, 6.07) is 5.20. The first-order chi connectivity index (χ1) is 11.8. The average Bonchev–Trinajstić information content (AvgIpc) is 2.59. The molecular formula is C15H19NO9. The predicted octanol–water partition coefficient (Wildman–Crippen LogP) is -0.00160. The molecule has 2 N–H and O–H groups in total. The molecule has 0 bridgehead atoms. The molecule has 1 aliphatic heterocycles. The number of esters is 1. The minimum Gasteiger partial charge on any atom is -0.467 e. The largest absolute Gasteiger partial charge is 0.467 e. The predicted molar refractivity (Wildman–Crippen MR) is 81.8 cm³/mol. The van der Waals surface area contributed by atoms with Gasteiger partial charge in [0.15, 0.2) is 0 Å². The van der Waals surface area contributed by atoms with Crippen molar-refractivity contribution in [1.29, 1.82) is 0 Å². The van der Waals surface area contributed by atoms with Crippen LogP contribution in [-0.4, -0.2) is 65.5 Å². The zero-order valence-corrected chi connectivity index (χ0v) is 13.6. The summed E-state index contributed by atoms with van der Waals surface area (Å²) in [6.45, 7) is 1.10. The van der Waals surface area contributed by atoms with Gasteiger partial charge in [-0.3, -0.25) is 10.1 Å². The van der Waals surface area contributed by atoms with E-state index in [-0.39, 0.29) is 11.4 Å². The van der Waals surface area contributed by atoms with Gasteiger partial charge in [0.05, 0.1) is 18.1 Å². The number of nitrogens with zero attached hydrogens (tertiary/aromatic N) is 1. The standard InChI is InChI=1S/C15H19NO9/c1-8-12(18)14(23-7-11(17)22-2)13(19)15(24-8)25-10-5-3-9(4-6-10)16(20)21/h3-6,8,12-15,18-19H,7H2,1-2H3/t8-,12+,13-,14+,15+/m0/s1. The molecule has 0 spiro atoms. The highest BCUT2D eigenvalue weighted by Crippen LogP contribution is 2.27. The molecule has 138 valence electrons. The second-order valence-electron chi connectivity index (χ2n) is 5.41. The third kappa shape index (κ3) is 4.63. The van der Waals surface area contributed by atoms with Crippen LogP contribution in [-0.2, 0) is 19.0 Å². The van der Waals surface area contributed by atoms with E-state index in [2.05, 4.69) is 4.74 Å². The smallest absolute Gasteiger partial charge is 0.331 e. The Morgan fingerprint density at radius 2 is 1.92 bits per heavy atom. The van der Waals surface area contributed by atoms with Gasteiger partial charge in [0.1, 0.15) is 30.7 Å². The van der Waals surface area contributed by atoms with Crippen molar-refractivity contribution in [3.8, 4) is 5.75 Å². The highest BCUT2D eigenvalue weighted by molar-refractivity contribution is 5.70. The maximum atomic E-state index is 11.2. The molecule has 1 saturated heterocycles.